The molecule has 3 aromatic rings. The molecule has 0 aliphatic heterocycles. The number of hydrogen-bond acceptors (Lipinski definition) is 3. The lowest BCUT2D eigenvalue weighted by Crippen LogP contribution is -2.40. The minimum absolute atomic E-state index is 0.198. The highest BCUT2D eigenvalue weighted by Crippen LogP contribution is 2.34. The Kier molecular flexibility index (Phi) is 5.49. The van der Waals surface area contributed by atoms with E-state index in [1.54, 1.807) is 0 Å². The summed E-state index contributed by atoms with van der Waals surface area (Å²) in [5.41, 5.74) is 2.29. The monoisotopic (exact) mass is 346 g/mol. The second kappa shape index (κ2) is 7.98. The number of benzene rings is 3. The molecule has 0 aliphatic rings. The Labute approximate surface area is 154 Å². The third-order valence-electron chi connectivity index (χ3n) is 4.44. The first-order chi connectivity index (χ1) is 12.7. The van der Waals surface area contributed by atoms with E-state index in [0.717, 1.165) is 16.7 Å². The first-order valence-corrected chi connectivity index (χ1v) is 8.56. The van der Waals surface area contributed by atoms with Crippen molar-refractivity contribution in [1.29, 1.82) is 0 Å². The Morgan fingerprint density at radius 3 is 1.77 bits per heavy atom. The number of ether oxygens (including phenoxy) is 2. The maximum atomic E-state index is 13.2. The highest BCUT2D eigenvalue weighted by molar-refractivity contribution is 5.85. The summed E-state index contributed by atoms with van der Waals surface area (Å²) in [5, 5.41) is 0. The average Bonchev–Trinajstić information content (AvgIpc) is 2.70. The van der Waals surface area contributed by atoms with E-state index in [4.69, 9.17) is 9.47 Å². The van der Waals surface area contributed by atoms with Crippen LogP contribution in [0.15, 0.2) is 84.9 Å². The van der Waals surface area contributed by atoms with Crippen LogP contribution in [-0.2, 0) is 26.5 Å². The summed E-state index contributed by atoms with van der Waals surface area (Å²) in [5.74, 6) is -0.432. The smallest absolute Gasteiger partial charge is 0.348 e. The molecule has 0 aromatic heterocycles. The summed E-state index contributed by atoms with van der Waals surface area (Å²) in [6, 6.07) is 26.8. The Morgan fingerprint density at radius 2 is 1.31 bits per heavy atom. The zero-order chi connectivity index (χ0) is 18.4. The van der Waals surface area contributed by atoms with Gasteiger partial charge in [-0.05, 0) is 23.6 Å². The molecule has 0 radical (unpaired) electrons. The second-order valence-electron chi connectivity index (χ2n) is 6.18. The van der Waals surface area contributed by atoms with E-state index in [-0.39, 0.29) is 6.61 Å². The average molecular weight is 346 g/mol. The first kappa shape index (κ1) is 17.9. The number of methoxy groups -OCH3 is 1. The molecule has 0 aliphatic carbocycles. The number of aryl methyl sites for hydroxylation is 1. The summed E-state index contributed by atoms with van der Waals surface area (Å²) in [4.78, 5) is 13.2. The van der Waals surface area contributed by atoms with Crippen LogP contribution in [0.4, 0.5) is 0 Å². The maximum Gasteiger partial charge on any atom is 0.348 e. The van der Waals surface area contributed by atoms with Crippen molar-refractivity contribution < 1.29 is 14.3 Å². The van der Waals surface area contributed by atoms with Crippen molar-refractivity contribution in [2.45, 2.75) is 19.1 Å². The highest BCUT2D eigenvalue weighted by Gasteiger charge is 2.44. The molecule has 0 saturated carbocycles. The van der Waals surface area contributed by atoms with Gasteiger partial charge >= 0.3 is 5.97 Å². The van der Waals surface area contributed by atoms with Gasteiger partial charge in [0.2, 0.25) is 5.60 Å². The molecular weight excluding hydrogens is 324 g/mol. The molecule has 26 heavy (non-hydrogen) atoms. The predicted octanol–water partition coefficient (Wildman–Crippen LogP) is 4.63. The maximum absolute atomic E-state index is 13.2. The van der Waals surface area contributed by atoms with Crippen LogP contribution in [-0.4, -0.2) is 13.1 Å². The van der Waals surface area contributed by atoms with Gasteiger partial charge in [0.05, 0.1) is 0 Å². The quantitative estimate of drug-likeness (QED) is 0.611. The lowest BCUT2D eigenvalue weighted by atomic mass is 9.86. The van der Waals surface area contributed by atoms with Gasteiger partial charge in [0.15, 0.2) is 0 Å². The van der Waals surface area contributed by atoms with Crippen molar-refractivity contribution in [3.63, 3.8) is 0 Å². The number of carbonyl (C=O) groups is 1. The van der Waals surface area contributed by atoms with Gasteiger partial charge in [-0.3, -0.25) is 0 Å². The van der Waals surface area contributed by atoms with E-state index in [1.807, 2.05) is 91.9 Å². The van der Waals surface area contributed by atoms with Crippen molar-refractivity contribution in [3.05, 3.63) is 107 Å². The van der Waals surface area contributed by atoms with Crippen LogP contribution in [0.5, 0.6) is 0 Å². The Balaban J connectivity index is 1.95. The summed E-state index contributed by atoms with van der Waals surface area (Å²) < 4.78 is 11.5. The fourth-order valence-electron chi connectivity index (χ4n) is 3.00. The number of carbonyl (C=O) groups excluding carboxylic acids is 1. The molecule has 0 bridgehead atoms. The van der Waals surface area contributed by atoms with Crippen LogP contribution in [0.2, 0.25) is 0 Å². The molecule has 0 fully saturated rings. The van der Waals surface area contributed by atoms with Crippen LogP contribution in [0.1, 0.15) is 22.3 Å². The molecule has 3 nitrogen and oxygen atoms in total. The molecule has 0 spiro atoms. The zero-order valence-electron chi connectivity index (χ0n) is 15.0. The van der Waals surface area contributed by atoms with Gasteiger partial charge in [-0.1, -0.05) is 90.5 Å². The first-order valence-electron chi connectivity index (χ1n) is 8.56. The minimum Gasteiger partial charge on any atom is -0.458 e. The molecule has 3 rings (SSSR count). The largest absolute Gasteiger partial charge is 0.458 e. The minimum atomic E-state index is -1.30. The molecule has 132 valence electrons. The van der Waals surface area contributed by atoms with Crippen LogP contribution < -0.4 is 0 Å². The van der Waals surface area contributed by atoms with Crippen LogP contribution in [0.3, 0.4) is 0 Å². The Bertz CT molecular complexity index is 800. The van der Waals surface area contributed by atoms with Gasteiger partial charge in [0.1, 0.15) is 6.61 Å². The normalized spacial score (nSPS) is 11.2. The van der Waals surface area contributed by atoms with Crippen LogP contribution in [0, 0.1) is 6.92 Å². The number of esters is 1. The van der Waals surface area contributed by atoms with E-state index in [1.165, 1.54) is 12.7 Å². The molecule has 0 heterocycles. The summed E-state index contributed by atoms with van der Waals surface area (Å²) in [7, 11) is 1.53. The third-order valence-corrected chi connectivity index (χ3v) is 4.44. The predicted molar refractivity (Wildman–Crippen MR) is 102 cm³/mol. The van der Waals surface area contributed by atoms with E-state index in [2.05, 4.69) is 0 Å². The fourth-order valence-corrected chi connectivity index (χ4v) is 3.00. The molecule has 3 heteroatoms. The number of hydrogen-bond donors (Lipinski definition) is 0. The number of rotatable bonds is 6. The molecule has 0 unspecified atom stereocenters. The fraction of sp³-hybridized carbons (Fsp3) is 0.174. The van der Waals surface area contributed by atoms with Crippen molar-refractivity contribution >= 4 is 5.97 Å². The van der Waals surface area contributed by atoms with Crippen molar-refractivity contribution in [2.24, 2.45) is 0 Å². The van der Waals surface area contributed by atoms with Gasteiger partial charge in [0.25, 0.3) is 0 Å². The summed E-state index contributed by atoms with van der Waals surface area (Å²) >= 11 is 0. The van der Waals surface area contributed by atoms with Gasteiger partial charge < -0.3 is 9.47 Å². The van der Waals surface area contributed by atoms with Gasteiger partial charge in [-0.2, -0.15) is 0 Å². The topological polar surface area (TPSA) is 35.5 Å². The SMILES string of the molecule is COC(C(=O)OCc1ccc(C)cc1)(c1ccccc1)c1ccccc1. The summed E-state index contributed by atoms with van der Waals surface area (Å²) in [6.07, 6.45) is 0. The van der Waals surface area contributed by atoms with Gasteiger partial charge in [0, 0.05) is 7.11 Å². The van der Waals surface area contributed by atoms with Gasteiger partial charge in [-0.15, -0.1) is 0 Å². The van der Waals surface area contributed by atoms with Crippen molar-refractivity contribution in [2.75, 3.05) is 7.11 Å². The molecule has 0 amide bonds. The lowest BCUT2D eigenvalue weighted by molar-refractivity contribution is -0.166. The lowest BCUT2D eigenvalue weighted by Gasteiger charge is -2.31. The molecular formula is C23H22O3. The van der Waals surface area contributed by atoms with E-state index in [0.29, 0.717) is 0 Å². The Morgan fingerprint density at radius 1 is 0.808 bits per heavy atom. The van der Waals surface area contributed by atoms with E-state index >= 15 is 0 Å². The van der Waals surface area contributed by atoms with Gasteiger partial charge in [-0.25, -0.2) is 4.79 Å². The Hall–Kier alpha value is -2.91. The summed E-state index contributed by atoms with van der Waals surface area (Å²) in [6.45, 7) is 2.22. The molecule has 0 saturated heterocycles. The second-order valence-corrected chi connectivity index (χ2v) is 6.18. The third kappa shape index (κ3) is 3.53. The zero-order valence-corrected chi connectivity index (χ0v) is 15.0. The van der Waals surface area contributed by atoms with Crippen LogP contribution in [0.25, 0.3) is 0 Å². The highest BCUT2D eigenvalue weighted by atomic mass is 16.6. The molecule has 0 N–H and O–H groups in total. The van der Waals surface area contributed by atoms with Crippen molar-refractivity contribution in [3.8, 4) is 0 Å². The van der Waals surface area contributed by atoms with E-state index < -0.39 is 11.6 Å². The van der Waals surface area contributed by atoms with E-state index in [9.17, 15) is 4.79 Å². The molecule has 3 aromatic carbocycles. The standard InChI is InChI=1S/C23H22O3/c1-18-13-15-19(16-14-18)17-26-22(24)23(25-2,20-9-5-3-6-10-20)21-11-7-4-8-12-21/h3-16H,17H2,1-2H3. The van der Waals surface area contributed by atoms with Crippen molar-refractivity contribution in [1.82, 2.24) is 0 Å². The molecule has 0 atom stereocenters. The van der Waals surface area contributed by atoms with Crippen LogP contribution >= 0.6 is 0 Å².